The Labute approximate surface area is 126 Å². The fraction of sp³-hybridized carbons (Fsp3) is 0.800. The molecule has 0 radical (unpaired) electrons. The Morgan fingerprint density at radius 3 is 2.90 bits per heavy atom. The van der Waals surface area contributed by atoms with E-state index in [4.69, 9.17) is 9.72 Å². The maximum Gasteiger partial charge on any atom is 0.185 e. The molecule has 0 saturated carbocycles. The Balaban J connectivity index is 2.01. The fourth-order valence-corrected chi connectivity index (χ4v) is 3.54. The lowest BCUT2D eigenvalue weighted by atomic mass is 10.2. The number of rotatable bonds is 7. The lowest BCUT2D eigenvalue weighted by molar-refractivity contribution is 0.193. The first-order valence-corrected chi connectivity index (χ1v) is 8.43. The summed E-state index contributed by atoms with van der Waals surface area (Å²) in [5.74, 6) is 0.686. The highest BCUT2D eigenvalue weighted by Crippen LogP contribution is 2.29. The van der Waals surface area contributed by atoms with E-state index >= 15 is 0 Å². The van der Waals surface area contributed by atoms with Crippen LogP contribution < -0.4 is 10.2 Å². The SMILES string of the molecule is CCc1nc(N(C)C2CCOC2)sc1CNCC(C)C. The van der Waals surface area contributed by atoms with Gasteiger partial charge in [0.15, 0.2) is 5.13 Å². The first kappa shape index (κ1) is 15.7. The molecule has 1 aromatic heterocycles. The third-order valence-corrected chi connectivity index (χ3v) is 4.88. The van der Waals surface area contributed by atoms with Crippen molar-refractivity contribution in [2.75, 3.05) is 31.7 Å². The Hall–Kier alpha value is -0.650. The number of ether oxygens (including phenoxy) is 1. The van der Waals surface area contributed by atoms with Crippen molar-refractivity contribution < 1.29 is 4.74 Å². The van der Waals surface area contributed by atoms with Crippen molar-refractivity contribution >= 4 is 16.5 Å². The number of anilines is 1. The van der Waals surface area contributed by atoms with E-state index in [-0.39, 0.29) is 0 Å². The van der Waals surface area contributed by atoms with E-state index in [9.17, 15) is 0 Å². The Morgan fingerprint density at radius 1 is 1.50 bits per heavy atom. The molecule has 5 heteroatoms. The smallest absolute Gasteiger partial charge is 0.185 e. The first-order valence-electron chi connectivity index (χ1n) is 7.61. The minimum absolute atomic E-state index is 0.488. The lowest BCUT2D eigenvalue weighted by Crippen LogP contribution is -2.31. The molecular weight excluding hydrogens is 270 g/mol. The van der Waals surface area contributed by atoms with Gasteiger partial charge in [0, 0.05) is 25.1 Å². The summed E-state index contributed by atoms with van der Waals surface area (Å²) in [4.78, 5) is 8.50. The molecule has 0 aliphatic carbocycles. The van der Waals surface area contributed by atoms with Crippen molar-refractivity contribution in [3.63, 3.8) is 0 Å². The van der Waals surface area contributed by atoms with Gasteiger partial charge in [0.1, 0.15) is 0 Å². The standard InChI is InChI=1S/C15H27N3OS/c1-5-13-14(9-16-8-11(2)3)20-15(17-13)18(4)12-6-7-19-10-12/h11-12,16H,5-10H2,1-4H3. The molecule has 1 fully saturated rings. The van der Waals surface area contributed by atoms with Crippen LogP contribution in [-0.2, 0) is 17.7 Å². The van der Waals surface area contributed by atoms with E-state index < -0.39 is 0 Å². The van der Waals surface area contributed by atoms with Gasteiger partial charge >= 0.3 is 0 Å². The molecule has 0 amide bonds. The number of nitrogens with one attached hydrogen (secondary N) is 1. The Morgan fingerprint density at radius 2 is 2.30 bits per heavy atom. The van der Waals surface area contributed by atoms with Gasteiger partial charge in [0.25, 0.3) is 0 Å². The number of likely N-dealkylation sites (N-methyl/N-ethyl adjacent to an activating group) is 1. The highest BCUT2D eigenvalue weighted by atomic mass is 32.1. The largest absolute Gasteiger partial charge is 0.379 e. The zero-order valence-corrected chi connectivity index (χ0v) is 13.9. The van der Waals surface area contributed by atoms with Gasteiger partial charge in [-0.3, -0.25) is 0 Å². The van der Waals surface area contributed by atoms with Crippen molar-refractivity contribution in [3.05, 3.63) is 10.6 Å². The van der Waals surface area contributed by atoms with E-state index in [0.29, 0.717) is 12.0 Å². The van der Waals surface area contributed by atoms with Crippen LogP contribution in [0.2, 0.25) is 0 Å². The van der Waals surface area contributed by atoms with Crippen LogP contribution in [0.25, 0.3) is 0 Å². The molecule has 2 heterocycles. The quantitative estimate of drug-likeness (QED) is 0.839. The number of hydrogen-bond donors (Lipinski definition) is 1. The van der Waals surface area contributed by atoms with Crippen LogP contribution in [0, 0.1) is 5.92 Å². The number of thiazole rings is 1. The minimum Gasteiger partial charge on any atom is -0.379 e. The summed E-state index contributed by atoms with van der Waals surface area (Å²) < 4.78 is 5.48. The first-order chi connectivity index (χ1) is 9.61. The van der Waals surface area contributed by atoms with E-state index in [2.05, 4.69) is 38.0 Å². The Kier molecular flexibility index (Phi) is 5.81. The maximum atomic E-state index is 5.48. The Bertz CT molecular complexity index is 413. The zero-order valence-electron chi connectivity index (χ0n) is 13.1. The van der Waals surface area contributed by atoms with Gasteiger partial charge in [-0.2, -0.15) is 0 Å². The van der Waals surface area contributed by atoms with E-state index in [0.717, 1.165) is 44.3 Å². The lowest BCUT2D eigenvalue weighted by Gasteiger charge is -2.21. The van der Waals surface area contributed by atoms with Gasteiger partial charge in [0.2, 0.25) is 0 Å². The summed E-state index contributed by atoms with van der Waals surface area (Å²) in [7, 11) is 2.14. The van der Waals surface area contributed by atoms with Crippen LogP contribution in [0.4, 0.5) is 5.13 Å². The summed E-state index contributed by atoms with van der Waals surface area (Å²) in [6, 6.07) is 0.488. The molecule has 1 N–H and O–H groups in total. The molecule has 1 aromatic rings. The molecule has 1 atom stereocenters. The number of hydrogen-bond acceptors (Lipinski definition) is 5. The summed E-state index contributed by atoms with van der Waals surface area (Å²) in [6.07, 6.45) is 2.11. The molecule has 20 heavy (non-hydrogen) atoms. The molecule has 0 aromatic carbocycles. The van der Waals surface area contributed by atoms with Crippen molar-refractivity contribution in [2.45, 2.75) is 46.2 Å². The van der Waals surface area contributed by atoms with Crippen LogP contribution in [0.1, 0.15) is 37.8 Å². The molecular formula is C15H27N3OS. The van der Waals surface area contributed by atoms with Crippen molar-refractivity contribution in [1.82, 2.24) is 10.3 Å². The van der Waals surface area contributed by atoms with Gasteiger partial charge in [-0.05, 0) is 25.3 Å². The molecule has 0 spiro atoms. The summed E-state index contributed by atoms with van der Waals surface area (Å²) >= 11 is 1.83. The molecule has 1 saturated heterocycles. The van der Waals surface area contributed by atoms with E-state index in [1.807, 2.05) is 11.3 Å². The van der Waals surface area contributed by atoms with Crippen LogP contribution in [0.5, 0.6) is 0 Å². The van der Waals surface area contributed by atoms with Gasteiger partial charge in [-0.15, -0.1) is 11.3 Å². The highest BCUT2D eigenvalue weighted by molar-refractivity contribution is 7.15. The molecule has 0 bridgehead atoms. The van der Waals surface area contributed by atoms with Crippen LogP contribution in [0.3, 0.4) is 0 Å². The molecule has 1 aliphatic heterocycles. The third-order valence-electron chi connectivity index (χ3n) is 3.70. The van der Waals surface area contributed by atoms with E-state index in [1.165, 1.54) is 10.6 Å². The molecule has 1 unspecified atom stereocenters. The highest BCUT2D eigenvalue weighted by Gasteiger charge is 2.23. The second-order valence-corrected chi connectivity index (χ2v) is 6.94. The van der Waals surface area contributed by atoms with Gasteiger partial charge < -0.3 is 15.0 Å². The van der Waals surface area contributed by atoms with Crippen molar-refractivity contribution in [1.29, 1.82) is 0 Å². The van der Waals surface area contributed by atoms with Gasteiger partial charge in [0.05, 0.1) is 18.3 Å². The predicted octanol–water partition coefficient (Wildman–Crippen LogP) is 2.68. The van der Waals surface area contributed by atoms with Crippen molar-refractivity contribution in [3.8, 4) is 0 Å². The summed E-state index contributed by atoms with van der Waals surface area (Å²) in [5.41, 5.74) is 1.24. The normalized spacial score (nSPS) is 18.9. The monoisotopic (exact) mass is 297 g/mol. The van der Waals surface area contributed by atoms with Crippen LogP contribution >= 0.6 is 11.3 Å². The number of aryl methyl sites for hydroxylation is 1. The second-order valence-electron chi connectivity index (χ2n) is 5.87. The topological polar surface area (TPSA) is 37.4 Å². The van der Waals surface area contributed by atoms with Crippen LogP contribution in [0.15, 0.2) is 0 Å². The van der Waals surface area contributed by atoms with Gasteiger partial charge in [-0.25, -0.2) is 4.98 Å². The molecule has 1 aliphatic rings. The third kappa shape index (κ3) is 3.93. The average Bonchev–Trinajstić information content (AvgIpc) is 3.06. The van der Waals surface area contributed by atoms with Crippen LogP contribution in [-0.4, -0.2) is 37.8 Å². The predicted molar refractivity (Wildman–Crippen MR) is 85.7 cm³/mol. The van der Waals surface area contributed by atoms with Gasteiger partial charge in [-0.1, -0.05) is 20.8 Å². The summed E-state index contributed by atoms with van der Waals surface area (Å²) in [6.45, 7) is 10.4. The molecule has 2 rings (SSSR count). The minimum atomic E-state index is 0.488. The molecule has 4 nitrogen and oxygen atoms in total. The number of nitrogens with zero attached hydrogens (tertiary/aromatic N) is 2. The van der Waals surface area contributed by atoms with Crippen molar-refractivity contribution in [2.24, 2.45) is 5.92 Å². The second kappa shape index (κ2) is 7.38. The molecule has 114 valence electrons. The average molecular weight is 297 g/mol. The zero-order chi connectivity index (χ0) is 14.5. The number of aromatic nitrogens is 1. The summed E-state index contributed by atoms with van der Waals surface area (Å²) in [5, 5.41) is 4.66. The maximum absolute atomic E-state index is 5.48. The fourth-order valence-electron chi connectivity index (χ4n) is 2.39. The van der Waals surface area contributed by atoms with E-state index in [1.54, 1.807) is 0 Å².